The average Bonchev–Trinajstić information content (AvgIpc) is 2.93. The first-order chi connectivity index (χ1) is 17.6. The van der Waals surface area contributed by atoms with Crippen molar-refractivity contribution < 1.29 is 0 Å². The van der Waals surface area contributed by atoms with Gasteiger partial charge in [-0.3, -0.25) is 0 Å². The van der Waals surface area contributed by atoms with Crippen LogP contribution in [-0.4, -0.2) is 6.54 Å². The van der Waals surface area contributed by atoms with Crippen molar-refractivity contribution in [1.29, 1.82) is 0 Å². The van der Waals surface area contributed by atoms with E-state index in [9.17, 15) is 0 Å². The van der Waals surface area contributed by atoms with Gasteiger partial charge in [-0.25, -0.2) is 0 Å². The van der Waals surface area contributed by atoms with E-state index >= 15 is 0 Å². The van der Waals surface area contributed by atoms with Crippen molar-refractivity contribution >= 4 is 0 Å². The summed E-state index contributed by atoms with van der Waals surface area (Å²) in [6, 6.07) is 20.5. The molecule has 1 aliphatic carbocycles. The summed E-state index contributed by atoms with van der Waals surface area (Å²) in [5.41, 5.74) is 7.05. The first-order valence-corrected chi connectivity index (χ1v) is 14.6. The molecule has 36 heavy (non-hydrogen) atoms. The third-order valence-corrected chi connectivity index (χ3v) is 8.04. The summed E-state index contributed by atoms with van der Waals surface area (Å²) in [5.74, 6) is 0.194. The second-order valence-corrected chi connectivity index (χ2v) is 10.6. The molecule has 0 amide bonds. The van der Waals surface area contributed by atoms with Crippen LogP contribution in [0.25, 0.3) is 0 Å². The van der Waals surface area contributed by atoms with Gasteiger partial charge in [0.1, 0.15) is 0 Å². The van der Waals surface area contributed by atoms with Crippen LogP contribution in [0.2, 0.25) is 0 Å². The van der Waals surface area contributed by atoms with Crippen LogP contribution >= 0.6 is 0 Å². The molecule has 3 rings (SSSR count). The largest absolute Gasteiger partial charge is 0.387 e. The molecular formula is C35H49N. The molecule has 1 atom stereocenters. The van der Waals surface area contributed by atoms with Gasteiger partial charge in [-0.2, -0.15) is 0 Å². The van der Waals surface area contributed by atoms with Gasteiger partial charge in [-0.1, -0.05) is 138 Å². The molecule has 0 saturated heterocycles. The van der Waals surface area contributed by atoms with Crippen molar-refractivity contribution in [2.24, 2.45) is 0 Å². The Morgan fingerprint density at radius 1 is 0.944 bits per heavy atom. The van der Waals surface area contributed by atoms with Gasteiger partial charge in [0.25, 0.3) is 0 Å². The quantitative estimate of drug-likeness (QED) is 0.208. The van der Waals surface area contributed by atoms with Crippen molar-refractivity contribution in [3.63, 3.8) is 0 Å². The number of unbranched alkanes of at least 4 members (excludes halogenated alkanes) is 2. The Bertz CT molecular complexity index is 957. The fourth-order valence-electron chi connectivity index (χ4n) is 5.82. The summed E-state index contributed by atoms with van der Waals surface area (Å²) < 4.78 is 0. The minimum Gasteiger partial charge on any atom is -0.387 e. The Kier molecular flexibility index (Phi) is 11.6. The molecule has 1 saturated carbocycles. The molecule has 0 heterocycles. The Morgan fingerprint density at radius 2 is 1.67 bits per heavy atom. The third kappa shape index (κ3) is 7.73. The van der Waals surface area contributed by atoms with Gasteiger partial charge in [0.15, 0.2) is 0 Å². The first kappa shape index (κ1) is 28.0. The molecule has 0 radical (unpaired) electrons. The predicted molar refractivity (Wildman–Crippen MR) is 159 cm³/mol. The normalized spacial score (nSPS) is 16.7. The van der Waals surface area contributed by atoms with Crippen molar-refractivity contribution in [2.45, 2.75) is 103 Å². The first-order valence-electron chi connectivity index (χ1n) is 14.6. The molecule has 1 heteroatoms. The van der Waals surface area contributed by atoms with Crippen LogP contribution in [0, 0.1) is 0 Å². The molecule has 1 fully saturated rings. The van der Waals surface area contributed by atoms with Gasteiger partial charge < -0.3 is 5.32 Å². The lowest BCUT2D eigenvalue weighted by Gasteiger charge is -2.39. The maximum absolute atomic E-state index is 4.62. The highest BCUT2D eigenvalue weighted by atomic mass is 14.9. The van der Waals surface area contributed by atoms with E-state index in [1.54, 1.807) is 0 Å². The number of allylic oxidation sites excluding steroid dienone is 4. The molecule has 194 valence electrons. The summed E-state index contributed by atoms with van der Waals surface area (Å²) in [5, 5.41) is 3.89. The Balaban J connectivity index is 1.81. The van der Waals surface area contributed by atoms with Crippen LogP contribution < -0.4 is 5.32 Å². The molecule has 2 aromatic rings. The van der Waals surface area contributed by atoms with Crippen LogP contribution in [0.15, 0.2) is 90.7 Å². The molecule has 1 unspecified atom stereocenters. The smallest absolute Gasteiger partial charge is 0.0443 e. The monoisotopic (exact) mass is 483 g/mol. The summed E-state index contributed by atoms with van der Waals surface area (Å²) in [6.45, 7) is 12.3. The highest BCUT2D eigenvalue weighted by molar-refractivity contribution is 5.39. The molecule has 0 aromatic heterocycles. The van der Waals surface area contributed by atoms with E-state index in [-0.39, 0.29) is 11.3 Å². The molecule has 0 spiro atoms. The summed E-state index contributed by atoms with van der Waals surface area (Å²) in [4.78, 5) is 0. The second kappa shape index (κ2) is 14.9. The zero-order valence-corrected chi connectivity index (χ0v) is 23.2. The molecule has 0 aliphatic heterocycles. The van der Waals surface area contributed by atoms with Gasteiger partial charge in [-0.05, 0) is 55.2 Å². The number of nitrogens with one attached hydrogen (secondary N) is 1. The lowest BCUT2D eigenvalue weighted by atomic mass is 9.69. The van der Waals surface area contributed by atoms with Gasteiger partial charge in [0.2, 0.25) is 0 Å². The highest BCUT2D eigenvalue weighted by Gasteiger charge is 2.34. The minimum atomic E-state index is 0.194. The third-order valence-electron chi connectivity index (χ3n) is 8.04. The van der Waals surface area contributed by atoms with Crippen LogP contribution in [0.1, 0.15) is 108 Å². The van der Waals surface area contributed by atoms with Gasteiger partial charge >= 0.3 is 0 Å². The number of rotatable bonds is 14. The van der Waals surface area contributed by atoms with E-state index in [0.29, 0.717) is 0 Å². The topological polar surface area (TPSA) is 12.0 Å². The maximum atomic E-state index is 4.62. The zero-order chi connectivity index (χ0) is 25.6. The zero-order valence-electron chi connectivity index (χ0n) is 23.2. The van der Waals surface area contributed by atoms with Crippen molar-refractivity contribution in [2.75, 3.05) is 6.54 Å². The van der Waals surface area contributed by atoms with E-state index in [0.717, 1.165) is 25.1 Å². The molecule has 2 aromatic carbocycles. The fourth-order valence-corrected chi connectivity index (χ4v) is 5.82. The van der Waals surface area contributed by atoms with E-state index in [1.165, 1.54) is 80.1 Å². The second-order valence-electron chi connectivity index (χ2n) is 10.6. The van der Waals surface area contributed by atoms with Crippen molar-refractivity contribution in [1.82, 2.24) is 5.32 Å². The van der Waals surface area contributed by atoms with Crippen LogP contribution in [0.4, 0.5) is 0 Å². The Morgan fingerprint density at radius 3 is 2.31 bits per heavy atom. The van der Waals surface area contributed by atoms with Gasteiger partial charge in [0.05, 0.1) is 0 Å². The predicted octanol–water partition coefficient (Wildman–Crippen LogP) is 9.81. The number of hydrogen-bond donors (Lipinski definition) is 1. The lowest BCUT2D eigenvalue weighted by Crippen LogP contribution is -2.40. The molecule has 0 bridgehead atoms. The highest BCUT2D eigenvalue weighted by Crippen LogP contribution is 2.40. The average molecular weight is 484 g/mol. The molecular weight excluding hydrogens is 434 g/mol. The Labute approximate surface area is 221 Å². The van der Waals surface area contributed by atoms with Crippen LogP contribution in [0.3, 0.4) is 0 Å². The lowest BCUT2D eigenvalue weighted by molar-refractivity contribution is 0.285. The maximum Gasteiger partial charge on any atom is 0.0443 e. The van der Waals surface area contributed by atoms with E-state index in [4.69, 9.17) is 0 Å². The summed E-state index contributed by atoms with van der Waals surface area (Å²) in [7, 11) is 0. The van der Waals surface area contributed by atoms with E-state index < -0.39 is 0 Å². The van der Waals surface area contributed by atoms with Gasteiger partial charge in [-0.15, -0.1) is 0 Å². The number of hydrogen-bond acceptors (Lipinski definition) is 1. The standard InChI is InChI=1S/C35H49N/c1-5-8-12-18-30-22-24-33(25-23-30)35(26-16-11-17-27-35)28-36-29(4)34(32-20-14-10-15-21-32)31(7-3)19-13-9-6-2/h9-10,13-15,19-25,34,36H,4-8,11-12,16-18,26-28H2,1-3H3/b13-9-,31-19+. The molecule has 1 nitrogen and oxygen atoms in total. The minimum absolute atomic E-state index is 0.194. The molecule has 1 N–H and O–H groups in total. The fraction of sp³-hybridized carbons (Fsp3) is 0.486. The molecule has 1 aliphatic rings. The number of aryl methyl sites for hydroxylation is 1. The number of benzene rings is 2. The van der Waals surface area contributed by atoms with Crippen molar-refractivity contribution in [3.05, 3.63) is 107 Å². The summed E-state index contributed by atoms with van der Waals surface area (Å²) >= 11 is 0. The summed E-state index contributed by atoms with van der Waals surface area (Å²) in [6.07, 6.45) is 20.4. The van der Waals surface area contributed by atoms with Crippen molar-refractivity contribution in [3.8, 4) is 0 Å². The van der Waals surface area contributed by atoms with E-state index in [2.05, 4.69) is 105 Å². The van der Waals surface area contributed by atoms with Gasteiger partial charge in [0, 0.05) is 23.6 Å². The van der Waals surface area contributed by atoms with Crippen LogP contribution in [-0.2, 0) is 11.8 Å². The Hall–Kier alpha value is -2.54. The van der Waals surface area contributed by atoms with E-state index in [1.807, 2.05) is 0 Å². The SMILES string of the molecule is C=C(NCC1(c2ccc(CCCCC)cc2)CCCCC1)C(/C(=C/C=C\CC)CC)c1ccccc1. The van der Waals surface area contributed by atoms with Crippen LogP contribution in [0.5, 0.6) is 0 Å².